The van der Waals surface area contributed by atoms with Crippen molar-refractivity contribution in [2.24, 2.45) is 0 Å². The molecule has 0 N–H and O–H groups in total. The summed E-state index contributed by atoms with van der Waals surface area (Å²) in [6.07, 6.45) is 53.0. The largest absolute Gasteiger partial charge is 3.00 e. The average molecular weight is 895 g/mol. The summed E-state index contributed by atoms with van der Waals surface area (Å²) in [5.74, 6) is 0.435. The van der Waals surface area contributed by atoms with Crippen molar-refractivity contribution in [3.63, 3.8) is 0 Å². The third-order valence-corrected chi connectivity index (χ3v) is 12.7. The molecule has 0 aliphatic carbocycles. The van der Waals surface area contributed by atoms with Crippen LogP contribution in [0.5, 0.6) is 17.2 Å². The first-order chi connectivity index (χ1) is 31.0. The monoisotopic (exact) mass is 895 g/mol. The van der Waals surface area contributed by atoms with E-state index in [9.17, 15) is 15.3 Å². The molecule has 0 aliphatic rings. The molecule has 3 nitrogen and oxygen atoms in total. The van der Waals surface area contributed by atoms with E-state index in [4.69, 9.17) is 0 Å². The van der Waals surface area contributed by atoms with Gasteiger partial charge in [0, 0.05) is 0 Å². The fourth-order valence-electron chi connectivity index (χ4n) is 8.61. The second-order valence-electron chi connectivity index (χ2n) is 18.9. The number of unbranched alkanes of at least 4 members (excludes halogenated alkanes) is 33. The molecule has 0 aromatic heterocycles. The first-order valence-electron chi connectivity index (χ1n) is 27.3. The quantitative estimate of drug-likeness (QED) is 0.0423. The number of aryl methyl sites for hydroxylation is 3. The van der Waals surface area contributed by atoms with E-state index in [1.165, 1.54) is 248 Å². The van der Waals surface area contributed by atoms with Crippen molar-refractivity contribution >= 4 is 17.4 Å². The molecule has 0 radical (unpaired) electrons. The van der Waals surface area contributed by atoms with Gasteiger partial charge in [0.25, 0.3) is 0 Å². The summed E-state index contributed by atoms with van der Waals surface area (Å²) in [7, 11) is 0. The molecule has 0 saturated heterocycles. The minimum Gasteiger partial charge on any atom is -0.872 e. The van der Waals surface area contributed by atoms with Gasteiger partial charge in [-0.25, -0.2) is 0 Å². The Labute approximate surface area is 408 Å². The van der Waals surface area contributed by atoms with Crippen molar-refractivity contribution in [1.29, 1.82) is 0 Å². The van der Waals surface area contributed by atoms with Crippen molar-refractivity contribution in [3.05, 3.63) is 89.5 Å². The maximum Gasteiger partial charge on any atom is 3.00 e. The molecule has 4 heteroatoms. The van der Waals surface area contributed by atoms with Crippen LogP contribution in [0.1, 0.15) is 269 Å². The molecular formula is C60H99AlO3. The van der Waals surface area contributed by atoms with E-state index < -0.39 is 0 Å². The zero-order chi connectivity index (χ0) is 45.5. The average Bonchev–Trinajstić information content (AvgIpc) is 3.28. The van der Waals surface area contributed by atoms with E-state index in [-0.39, 0.29) is 34.6 Å². The fraction of sp³-hybridized carbons (Fsp3) is 0.700. The molecule has 0 fully saturated rings. The van der Waals surface area contributed by atoms with Gasteiger partial charge >= 0.3 is 17.4 Å². The van der Waals surface area contributed by atoms with Crippen LogP contribution in [0.2, 0.25) is 0 Å². The summed E-state index contributed by atoms with van der Waals surface area (Å²) in [4.78, 5) is 0. The van der Waals surface area contributed by atoms with Crippen LogP contribution in [-0.4, -0.2) is 17.4 Å². The Morgan fingerprint density at radius 1 is 0.250 bits per heavy atom. The van der Waals surface area contributed by atoms with Gasteiger partial charge in [0.05, 0.1) is 0 Å². The molecule has 0 saturated carbocycles. The Morgan fingerprint density at radius 3 is 0.594 bits per heavy atom. The van der Waals surface area contributed by atoms with Gasteiger partial charge in [0.1, 0.15) is 0 Å². The number of hydrogen-bond acceptors (Lipinski definition) is 3. The molecule has 0 unspecified atom stereocenters. The summed E-state index contributed by atoms with van der Waals surface area (Å²) in [6, 6.07) is 22.0. The van der Waals surface area contributed by atoms with Crippen molar-refractivity contribution in [2.45, 2.75) is 271 Å². The summed E-state index contributed by atoms with van der Waals surface area (Å²) in [6.45, 7) is 6.83. The Morgan fingerprint density at radius 2 is 0.422 bits per heavy atom. The van der Waals surface area contributed by atoms with Crippen molar-refractivity contribution < 1.29 is 15.3 Å². The molecular weight excluding hydrogens is 796 g/mol. The summed E-state index contributed by atoms with van der Waals surface area (Å²) in [5, 5.41) is 33.6. The molecule has 0 heterocycles. The maximum atomic E-state index is 11.2. The molecule has 3 aromatic carbocycles. The molecule has 3 rings (SSSR count). The Kier molecular flexibility index (Phi) is 46.7. The first kappa shape index (κ1) is 61.6. The number of hydrogen-bond donors (Lipinski definition) is 0. The molecule has 0 atom stereocenters. The van der Waals surface area contributed by atoms with Crippen molar-refractivity contribution in [2.75, 3.05) is 0 Å². The number of rotatable bonds is 39. The van der Waals surface area contributed by atoms with Crippen LogP contribution in [0.3, 0.4) is 0 Å². The van der Waals surface area contributed by atoms with Gasteiger partial charge < -0.3 is 15.3 Å². The van der Waals surface area contributed by atoms with E-state index >= 15 is 0 Å². The van der Waals surface area contributed by atoms with Crippen LogP contribution in [0, 0.1) is 0 Å². The smallest absolute Gasteiger partial charge is 0.872 e. The SMILES string of the molecule is CCCCCCCCCCCCCCc1cccc([O-])c1.CCCCCCCCCCCCCCc1cccc([O-])c1.CCCCCCCCCCCCCCc1cccc([O-])c1.[Al+3]. The first-order valence-corrected chi connectivity index (χ1v) is 27.3. The Bertz CT molecular complexity index is 1210. The number of benzene rings is 3. The van der Waals surface area contributed by atoms with Crippen LogP contribution in [0.15, 0.2) is 72.8 Å². The minimum absolute atomic E-state index is 0. The molecule has 0 aliphatic heterocycles. The standard InChI is InChI=1S/3C20H34O.Al/c3*1-2-3-4-5-6-7-8-9-10-11-12-13-15-19-16-14-17-20(21)18-19;/h3*14,16-18,21H,2-13,15H2,1H3;/q;;;+3/p-3. The van der Waals surface area contributed by atoms with E-state index in [1.54, 1.807) is 36.4 Å². The summed E-state index contributed by atoms with van der Waals surface area (Å²) < 4.78 is 0. The van der Waals surface area contributed by atoms with E-state index in [0.717, 1.165) is 19.3 Å². The van der Waals surface area contributed by atoms with Crippen LogP contribution in [0.25, 0.3) is 0 Å². The topological polar surface area (TPSA) is 69.2 Å². The van der Waals surface area contributed by atoms with Gasteiger partial charge in [-0.2, -0.15) is 0 Å². The predicted octanol–water partition coefficient (Wildman–Crippen LogP) is 17.6. The van der Waals surface area contributed by atoms with Crippen LogP contribution >= 0.6 is 0 Å². The molecule has 0 spiro atoms. The molecule has 3 aromatic rings. The van der Waals surface area contributed by atoms with Crippen LogP contribution in [-0.2, 0) is 19.3 Å². The fourth-order valence-corrected chi connectivity index (χ4v) is 8.61. The third kappa shape index (κ3) is 42.2. The maximum absolute atomic E-state index is 11.2. The molecule has 0 amide bonds. The van der Waals surface area contributed by atoms with Gasteiger partial charge in [-0.1, -0.05) is 305 Å². The van der Waals surface area contributed by atoms with Gasteiger partial charge in [0.15, 0.2) is 0 Å². The predicted molar refractivity (Wildman–Crippen MR) is 278 cm³/mol. The second-order valence-corrected chi connectivity index (χ2v) is 18.9. The molecule has 64 heavy (non-hydrogen) atoms. The Balaban J connectivity index is 0.000000923. The van der Waals surface area contributed by atoms with Crippen LogP contribution < -0.4 is 15.3 Å². The van der Waals surface area contributed by atoms with Gasteiger partial charge in [-0.3, -0.25) is 0 Å². The van der Waals surface area contributed by atoms with Gasteiger partial charge in [0.2, 0.25) is 0 Å². The van der Waals surface area contributed by atoms with E-state index in [0.29, 0.717) is 0 Å². The van der Waals surface area contributed by atoms with Crippen molar-refractivity contribution in [1.82, 2.24) is 0 Å². The minimum atomic E-state index is 0. The molecule has 360 valence electrons. The molecule has 0 bridgehead atoms. The van der Waals surface area contributed by atoms with E-state index in [1.807, 2.05) is 18.2 Å². The van der Waals surface area contributed by atoms with E-state index in [2.05, 4.69) is 39.0 Å². The summed E-state index contributed by atoms with van der Waals surface area (Å²) in [5.41, 5.74) is 3.61. The summed E-state index contributed by atoms with van der Waals surface area (Å²) >= 11 is 0. The van der Waals surface area contributed by atoms with Crippen molar-refractivity contribution in [3.8, 4) is 17.2 Å². The van der Waals surface area contributed by atoms with Crippen LogP contribution in [0.4, 0.5) is 0 Å². The second kappa shape index (κ2) is 48.5. The van der Waals surface area contributed by atoms with Gasteiger partial charge in [-0.15, -0.1) is 17.2 Å². The third-order valence-electron chi connectivity index (χ3n) is 12.7. The Hall–Kier alpha value is -2.41. The van der Waals surface area contributed by atoms with Gasteiger partial charge in [-0.05, 0) is 55.2 Å². The normalized spacial score (nSPS) is 10.7. The zero-order valence-electron chi connectivity index (χ0n) is 42.3. The zero-order valence-corrected chi connectivity index (χ0v) is 43.5.